The molecule has 3 aliphatic rings. The van der Waals surface area contributed by atoms with Gasteiger partial charge in [-0.15, -0.1) is 0 Å². The summed E-state index contributed by atoms with van der Waals surface area (Å²) in [5, 5.41) is 3.60. The fourth-order valence-corrected chi connectivity index (χ4v) is 3.85. The van der Waals surface area contributed by atoms with Gasteiger partial charge in [-0.1, -0.05) is 0 Å². The maximum absolute atomic E-state index is 12.5. The van der Waals surface area contributed by atoms with E-state index in [0.29, 0.717) is 24.7 Å². The summed E-state index contributed by atoms with van der Waals surface area (Å²) < 4.78 is 10.9. The number of ether oxygens (including phenoxy) is 2. The average molecular weight is 296 g/mol. The molecule has 1 aliphatic heterocycles. The van der Waals surface area contributed by atoms with Crippen LogP contribution in [-0.2, 0) is 14.3 Å². The van der Waals surface area contributed by atoms with E-state index in [4.69, 9.17) is 9.47 Å². The van der Waals surface area contributed by atoms with E-state index in [1.54, 1.807) is 0 Å². The van der Waals surface area contributed by atoms with Gasteiger partial charge in [0, 0.05) is 24.7 Å². The van der Waals surface area contributed by atoms with Crippen molar-refractivity contribution in [2.45, 2.75) is 69.6 Å². The second kappa shape index (κ2) is 6.23. The second-order valence-corrected chi connectivity index (χ2v) is 6.78. The Kier molecular flexibility index (Phi) is 4.52. The largest absolute Gasteiger partial charge is 0.465 e. The van der Waals surface area contributed by atoms with Gasteiger partial charge in [0.25, 0.3) is 0 Å². The van der Waals surface area contributed by atoms with Crippen LogP contribution in [-0.4, -0.2) is 60.9 Å². The van der Waals surface area contributed by atoms with E-state index in [1.165, 1.54) is 12.8 Å². The lowest BCUT2D eigenvalue weighted by molar-refractivity contribution is -0.151. The van der Waals surface area contributed by atoms with Crippen LogP contribution in [0.5, 0.6) is 0 Å². The highest BCUT2D eigenvalue weighted by atomic mass is 16.5. The molecule has 0 amide bonds. The van der Waals surface area contributed by atoms with Gasteiger partial charge in [0.2, 0.25) is 0 Å². The Hall–Kier alpha value is -0.650. The van der Waals surface area contributed by atoms with E-state index in [-0.39, 0.29) is 5.97 Å². The van der Waals surface area contributed by atoms with Gasteiger partial charge >= 0.3 is 5.97 Å². The normalized spacial score (nSPS) is 37.6. The number of carbonyl (C=O) groups is 1. The first-order chi connectivity index (χ1) is 10.1. The predicted octanol–water partition coefficient (Wildman–Crippen LogP) is 1.31. The van der Waals surface area contributed by atoms with Gasteiger partial charge < -0.3 is 9.47 Å². The zero-order valence-corrected chi connectivity index (χ0v) is 13.3. The Balaban J connectivity index is 1.68. The number of rotatable bonds is 5. The number of carbonyl (C=O) groups excluding carboxylic acids is 1. The van der Waals surface area contributed by atoms with Crippen LogP contribution < -0.4 is 5.32 Å². The highest BCUT2D eigenvalue weighted by Crippen LogP contribution is 2.38. The lowest BCUT2D eigenvalue weighted by Gasteiger charge is -2.38. The third-order valence-corrected chi connectivity index (χ3v) is 5.10. The number of hydrogen-bond donors (Lipinski definition) is 1. The van der Waals surface area contributed by atoms with Crippen LogP contribution in [0.4, 0.5) is 0 Å². The van der Waals surface area contributed by atoms with Gasteiger partial charge in [0.1, 0.15) is 5.54 Å². The van der Waals surface area contributed by atoms with Crippen molar-refractivity contribution in [3.63, 3.8) is 0 Å². The summed E-state index contributed by atoms with van der Waals surface area (Å²) in [5.74, 6) is -0.0414. The van der Waals surface area contributed by atoms with Crippen LogP contribution in [0.2, 0.25) is 0 Å². The highest BCUT2D eigenvalue weighted by molar-refractivity contribution is 5.81. The van der Waals surface area contributed by atoms with Crippen LogP contribution in [0.25, 0.3) is 0 Å². The summed E-state index contributed by atoms with van der Waals surface area (Å²) in [6.07, 6.45) is 5.24. The van der Waals surface area contributed by atoms with Gasteiger partial charge in [-0.2, -0.15) is 0 Å². The minimum Gasteiger partial charge on any atom is -0.465 e. The zero-order valence-electron chi connectivity index (χ0n) is 13.3. The molecule has 3 atom stereocenters. The van der Waals surface area contributed by atoms with Crippen LogP contribution >= 0.6 is 0 Å². The third kappa shape index (κ3) is 3.25. The molecule has 3 unspecified atom stereocenters. The van der Waals surface area contributed by atoms with Gasteiger partial charge in [0.15, 0.2) is 0 Å². The molecule has 21 heavy (non-hydrogen) atoms. The molecule has 0 radical (unpaired) electrons. The molecule has 2 aliphatic carbocycles. The molecule has 1 N–H and O–H groups in total. The number of esters is 1. The molecule has 5 heteroatoms. The molecule has 5 nitrogen and oxygen atoms in total. The average Bonchev–Trinajstić information content (AvgIpc) is 3.17. The van der Waals surface area contributed by atoms with Crippen molar-refractivity contribution in [2.75, 3.05) is 26.4 Å². The monoisotopic (exact) mass is 296 g/mol. The second-order valence-electron chi connectivity index (χ2n) is 6.78. The van der Waals surface area contributed by atoms with E-state index >= 15 is 0 Å². The first-order valence-corrected chi connectivity index (χ1v) is 8.43. The van der Waals surface area contributed by atoms with Crippen molar-refractivity contribution in [1.29, 1.82) is 0 Å². The van der Waals surface area contributed by atoms with Gasteiger partial charge in [-0.3, -0.25) is 15.0 Å². The molecule has 1 saturated heterocycles. The first kappa shape index (κ1) is 15.3. The minimum absolute atomic E-state index is 0.0414. The zero-order chi connectivity index (χ0) is 14.9. The van der Waals surface area contributed by atoms with Crippen LogP contribution in [0.3, 0.4) is 0 Å². The molecular weight excluding hydrogens is 268 g/mol. The van der Waals surface area contributed by atoms with E-state index < -0.39 is 5.54 Å². The van der Waals surface area contributed by atoms with Crippen LogP contribution in [0.15, 0.2) is 0 Å². The Bertz CT molecular complexity index is 386. The van der Waals surface area contributed by atoms with Crippen molar-refractivity contribution < 1.29 is 14.3 Å². The quantitative estimate of drug-likeness (QED) is 0.775. The molecule has 3 rings (SSSR count). The Labute approximate surface area is 127 Å². The fraction of sp³-hybridized carbons (Fsp3) is 0.938. The third-order valence-electron chi connectivity index (χ3n) is 5.10. The summed E-state index contributed by atoms with van der Waals surface area (Å²) in [4.78, 5) is 15.0. The van der Waals surface area contributed by atoms with Crippen molar-refractivity contribution in [2.24, 2.45) is 0 Å². The summed E-state index contributed by atoms with van der Waals surface area (Å²) >= 11 is 0. The first-order valence-electron chi connectivity index (χ1n) is 8.43. The molecular formula is C16H28N2O3. The fourth-order valence-electron chi connectivity index (χ4n) is 3.85. The molecule has 120 valence electrons. The molecule has 0 spiro atoms. The topological polar surface area (TPSA) is 50.8 Å². The van der Waals surface area contributed by atoms with Gasteiger partial charge in [-0.05, 0) is 46.0 Å². The standard InChI is InChI=1S/C16H28N2O3/c1-3-21-15(19)16(17-13-4-5-13)7-6-14(10-16)18-8-9-20-11-12(18)2/h12-14,17H,3-11H2,1-2H3. The smallest absolute Gasteiger partial charge is 0.326 e. The summed E-state index contributed by atoms with van der Waals surface area (Å²) in [5.41, 5.74) is -0.445. The molecule has 3 fully saturated rings. The van der Waals surface area contributed by atoms with Gasteiger partial charge in [-0.25, -0.2) is 0 Å². The van der Waals surface area contributed by atoms with Crippen molar-refractivity contribution >= 4 is 5.97 Å². The SMILES string of the molecule is CCOC(=O)C1(NC2CC2)CCC(N2CCOCC2C)C1. The van der Waals surface area contributed by atoms with E-state index in [0.717, 1.165) is 39.0 Å². The maximum Gasteiger partial charge on any atom is 0.326 e. The van der Waals surface area contributed by atoms with Crippen molar-refractivity contribution in [3.05, 3.63) is 0 Å². The van der Waals surface area contributed by atoms with Gasteiger partial charge in [0.05, 0.1) is 19.8 Å². The molecule has 1 heterocycles. The minimum atomic E-state index is -0.445. The predicted molar refractivity (Wildman–Crippen MR) is 80.1 cm³/mol. The van der Waals surface area contributed by atoms with Crippen molar-refractivity contribution in [3.8, 4) is 0 Å². The number of nitrogens with zero attached hydrogens (tertiary/aromatic N) is 1. The van der Waals surface area contributed by atoms with E-state index in [9.17, 15) is 4.79 Å². The highest BCUT2D eigenvalue weighted by Gasteiger charge is 2.50. The Morgan fingerprint density at radius 3 is 2.90 bits per heavy atom. The lowest BCUT2D eigenvalue weighted by Crippen LogP contribution is -2.54. The van der Waals surface area contributed by atoms with Crippen LogP contribution in [0.1, 0.15) is 46.0 Å². The van der Waals surface area contributed by atoms with E-state index in [2.05, 4.69) is 17.1 Å². The molecule has 0 aromatic rings. The molecule has 0 aromatic heterocycles. The van der Waals surface area contributed by atoms with Crippen LogP contribution in [0, 0.1) is 0 Å². The van der Waals surface area contributed by atoms with Crippen molar-refractivity contribution in [1.82, 2.24) is 10.2 Å². The summed E-state index contributed by atoms with van der Waals surface area (Å²) in [7, 11) is 0. The Morgan fingerprint density at radius 2 is 2.24 bits per heavy atom. The number of hydrogen-bond acceptors (Lipinski definition) is 5. The number of morpholine rings is 1. The lowest BCUT2D eigenvalue weighted by atomic mass is 9.96. The molecule has 0 bridgehead atoms. The summed E-state index contributed by atoms with van der Waals surface area (Å²) in [6, 6.07) is 1.44. The number of nitrogens with one attached hydrogen (secondary N) is 1. The van der Waals surface area contributed by atoms with E-state index in [1.807, 2.05) is 6.92 Å². The maximum atomic E-state index is 12.5. The Morgan fingerprint density at radius 1 is 1.43 bits per heavy atom. The molecule has 0 aromatic carbocycles. The molecule has 2 saturated carbocycles. The summed E-state index contributed by atoms with van der Waals surface area (Å²) in [6.45, 7) is 7.17.